The second-order valence-electron chi connectivity index (χ2n) is 8.85. The highest BCUT2D eigenvalue weighted by Gasteiger charge is 2.55. The third-order valence-electron chi connectivity index (χ3n) is 6.22. The summed E-state index contributed by atoms with van der Waals surface area (Å²) in [7, 11) is 1.84. The maximum atomic E-state index is 12.8. The number of hydrogen-bond acceptors (Lipinski definition) is 6. The molecule has 1 heterocycles. The van der Waals surface area contributed by atoms with Crippen LogP contribution in [0.1, 0.15) is 65.4 Å². The van der Waals surface area contributed by atoms with Gasteiger partial charge < -0.3 is 18.8 Å². The Hall–Kier alpha value is -2.12. The van der Waals surface area contributed by atoms with Crippen molar-refractivity contribution in [3.63, 3.8) is 0 Å². The molecule has 0 aromatic heterocycles. The van der Waals surface area contributed by atoms with Gasteiger partial charge in [0.05, 0.1) is 25.4 Å². The maximum Gasteiger partial charge on any atom is 0.490 e. The third-order valence-corrected chi connectivity index (χ3v) is 6.22. The summed E-state index contributed by atoms with van der Waals surface area (Å²) in [4.78, 5) is 25.6. The van der Waals surface area contributed by atoms with Gasteiger partial charge in [-0.3, -0.25) is 9.59 Å². The molecule has 1 aromatic carbocycles. The summed E-state index contributed by atoms with van der Waals surface area (Å²) in [5.41, 5.74) is 0.406. The first-order valence-electron chi connectivity index (χ1n) is 10.9. The van der Waals surface area contributed by atoms with Crippen molar-refractivity contribution < 1.29 is 28.4 Å². The monoisotopic (exact) mass is 430 g/mol. The van der Waals surface area contributed by atoms with E-state index in [4.69, 9.17) is 18.8 Å². The zero-order chi connectivity index (χ0) is 23.2. The summed E-state index contributed by atoms with van der Waals surface area (Å²) < 4.78 is 22.7. The van der Waals surface area contributed by atoms with Crippen LogP contribution in [0.4, 0.5) is 0 Å². The van der Waals surface area contributed by atoms with Crippen molar-refractivity contribution in [1.29, 1.82) is 0 Å². The summed E-state index contributed by atoms with van der Waals surface area (Å²) in [6.07, 6.45) is 4.79. The second kappa shape index (κ2) is 10.5. The third kappa shape index (κ3) is 5.58. The first-order valence-corrected chi connectivity index (χ1v) is 10.9. The lowest BCUT2D eigenvalue weighted by Crippen LogP contribution is -2.41. The zero-order valence-electron chi connectivity index (χ0n) is 19.8. The van der Waals surface area contributed by atoms with Crippen LogP contribution >= 0.6 is 0 Å². The highest BCUT2D eigenvalue weighted by molar-refractivity contribution is 6.55. The molecule has 1 atom stereocenters. The zero-order valence-corrected chi connectivity index (χ0v) is 19.8. The minimum atomic E-state index is -1.18. The lowest BCUT2D eigenvalue weighted by Gasteiger charge is -2.32. The predicted octanol–water partition coefficient (Wildman–Crippen LogP) is 4.48. The van der Waals surface area contributed by atoms with Crippen LogP contribution in [-0.4, -0.2) is 44.5 Å². The Morgan fingerprint density at radius 1 is 1.00 bits per heavy atom. The van der Waals surface area contributed by atoms with Crippen molar-refractivity contribution >= 4 is 19.1 Å². The van der Waals surface area contributed by atoms with E-state index in [1.54, 1.807) is 0 Å². The van der Waals surface area contributed by atoms with Crippen molar-refractivity contribution in [3.8, 4) is 0 Å². The number of carbonyl (C=O) groups excluding carboxylic acids is 2. The van der Waals surface area contributed by atoms with Crippen molar-refractivity contribution in [3.05, 3.63) is 47.4 Å². The predicted molar refractivity (Wildman–Crippen MR) is 120 cm³/mol. The van der Waals surface area contributed by atoms with Crippen molar-refractivity contribution in [2.45, 2.75) is 71.0 Å². The molecule has 1 aromatic rings. The topological polar surface area (TPSA) is 71.1 Å². The minimum Gasteiger partial charge on any atom is -0.468 e. The molecule has 1 saturated heterocycles. The first kappa shape index (κ1) is 25.1. The molecular formula is C24H35BO6. The van der Waals surface area contributed by atoms with Crippen molar-refractivity contribution in [2.75, 3.05) is 14.2 Å². The van der Waals surface area contributed by atoms with Crippen LogP contribution in [0.25, 0.3) is 0 Å². The normalized spacial score (nSPS) is 18.7. The lowest BCUT2D eigenvalue weighted by atomic mass is 9.64. The first-order chi connectivity index (χ1) is 14.6. The van der Waals surface area contributed by atoms with Gasteiger partial charge in [-0.05, 0) is 45.2 Å². The molecule has 7 heteroatoms. The number of benzene rings is 1. The Bertz CT molecular complexity index is 755. The Kier molecular flexibility index (Phi) is 8.49. The van der Waals surface area contributed by atoms with Gasteiger partial charge in [-0.25, -0.2) is 0 Å². The summed E-state index contributed by atoms with van der Waals surface area (Å²) in [6.45, 7) is 10.0. The van der Waals surface area contributed by atoms with Gasteiger partial charge in [-0.1, -0.05) is 56.2 Å². The second-order valence-corrected chi connectivity index (χ2v) is 8.85. The van der Waals surface area contributed by atoms with Gasteiger partial charge in [-0.15, -0.1) is 0 Å². The average Bonchev–Trinajstić information content (AvgIpc) is 2.96. The van der Waals surface area contributed by atoms with Gasteiger partial charge in [0.15, 0.2) is 5.92 Å². The van der Waals surface area contributed by atoms with E-state index in [2.05, 4.69) is 6.92 Å². The molecule has 0 spiro atoms. The van der Waals surface area contributed by atoms with Gasteiger partial charge >= 0.3 is 19.1 Å². The van der Waals surface area contributed by atoms with Crippen molar-refractivity contribution in [2.24, 2.45) is 5.92 Å². The largest absolute Gasteiger partial charge is 0.490 e. The number of allylic oxidation sites excluding steroid dienone is 2. The van der Waals surface area contributed by atoms with Gasteiger partial charge in [0.1, 0.15) is 0 Å². The van der Waals surface area contributed by atoms with E-state index < -0.39 is 42.1 Å². The minimum absolute atomic E-state index is 0.561. The number of esters is 2. The summed E-state index contributed by atoms with van der Waals surface area (Å²) >= 11 is 0. The van der Waals surface area contributed by atoms with Crippen LogP contribution in [0.15, 0.2) is 41.9 Å². The fraction of sp³-hybridized carbons (Fsp3) is 0.583. The highest BCUT2D eigenvalue weighted by Crippen LogP contribution is 2.44. The Morgan fingerprint density at radius 3 is 1.97 bits per heavy atom. The smallest absolute Gasteiger partial charge is 0.468 e. The molecule has 1 aliphatic heterocycles. The molecule has 1 unspecified atom stereocenters. The van der Waals surface area contributed by atoms with Gasteiger partial charge in [-0.2, -0.15) is 0 Å². The summed E-state index contributed by atoms with van der Waals surface area (Å²) in [5.74, 6) is -3.13. The maximum absolute atomic E-state index is 12.8. The fourth-order valence-electron chi connectivity index (χ4n) is 3.68. The number of unbranched alkanes of at least 4 members (excludes halogenated alkanes) is 2. The van der Waals surface area contributed by atoms with Crippen LogP contribution in [-0.2, 0) is 28.4 Å². The van der Waals surface area contributed by atoms with E-state index in [1.165, 1.54) is 14.2 Å². The average molecular weight is 430 g/mol. The van der Waals surface area contributed by atoms with Crippen LogP contribution < -0.4 is 0 Å². The molecule has 1 fully saturated rings. The number of hydrogen-bond donors (Lipinski definition) is 0. The summed E-state index contributed by atoms with van der Waals surface area (Å²) in [6, 6.07) is 9.43. The molecule has 31 heavy (non-hydrogen) atoms. The number of methoxy groups -OCH3 is 2. The van der Waals surface area contributed by atoms with E-state index in [-0.39, 0.29) is 0 Å². The molecule has 0 bridgehead atoms. The van der Waals surface area contributed by atoms with Crippen LogP contribution in [0, 0.1) is 5.92 Å². The molecule has 6 nitrogen and oxygen atoms in total. The van der Waals surface area contributed by atoms with Crippen molar-refractivity contribution in [1.82, 2.24) is 0 Å². The lowest BCUT2D eigenvalue weighted by molar-refractivity contribution is -0.159. The van der Waals surface area contributed by atoms with Crippen LogP contribution in [0.3, 0.4) is 0 Å². The molecule has 2 rings (SSSR count). The standard InChI is InChI=1S/C24H35BO6/c1-8-9-11-16-18(25-30-23(2,3)24(4,5)31-25)19(17-14-12-10-13-15-17)20(21(26)28-6)22(27)29-7/h10,12-16,19-20H,8-9,11H2,1-7H3/b18-16-. The molecule has 0 aliphatic carbocycles. The van der Waals surface area contributed by atoms with E-state index in [1.807, 2.05) is 64.1 Å². The van der Waals surface area contributed by atoms with Gasteiger partial charge in [0, 0.05) is 5.92 Å². The van der Waals surface area contributed by atoms with Gasteiger partial charge in [0.2, 0.25) is 0 Å². The van der Waals surface area contributed by atoms with Gasteiger partial charge in [0.25, 0.3) is 0 Å². The fourth-order valence-corrected chi connectivity index (χ4v) is 3.68. The Labute approximate surface area is 186 Å². The van der Waals surface area contributed by atoms with Crippen LogP contribution in [0.2, 0.25) is 0 Å². The SMILES string of the molecule is CCCC/C=C(\B1OC(C)(C)C(C)(C)O1)C(c1ccccc1)C(C(=O)OC)C(=O)OC. The number of ether oxygens (including phenoxy) is 2. The summed E-state index contributed by atoms with van der Waals surface area (Å²) in [5, 5.41) is 0. The van der Waals surface area contributed by atoms with E-state index in [0.717, 1.165) is 30.3 Å². The molecule has 1 aliphatic rings. The molecular weight excluding hydrogens is 395 g/mol. The molecule has 0 radical (unpaired) electrons. The molecule has 0 amide bonds. The molecule has 170 valence electrons. The van der Waals surface area contributed by atoms with E-state index in [9.17, 15) is 9.59 Å². The number of carbonyl (C=O) groups is 2. The highest BCUT2D eigenvalue weighted by atomic mass is 16.7. The van der Waals surface area contributed by atoms with E-state index >= 15 is 0 Å². The van der Waals surface area contributed by atoms with Crippen LogP contribution in [0.5, 0.6) is 0 Å². The Morgan fingerprint density at radius 2 is 1.52 bits per heavy atom. The molecule has 0 saturated carbocycles. The van der Waals surface area contributed by atoms with E-state index in [0.29, 0.717) is 0 Å². The Balaban J connectivity index is 2.65. The quantitative estimate of drug-likeness (QED) is 0.249. The molecule has 0 N–H and O–H groups in total. The number of rotatable bonds is 9.